The SMILES string of the molecule is CCOc1ccc(N2CCn3c(SCC(=O)Nc4ccccc4C(F)(F)F)nnc32)cc1. The highest BCUT2D eigenvalue weighted by Gasteiger charge is 2.33. The lowest BCUT2D eigenvalue weighted by Gasteiger charge is -2.15. The third-order valence-corrected chi connectivity index (χ3v) is 5.75. The molecule has 0 fully saturated rings. The van der Waals surface area contributed by atoms with Gasteiger partial charge in [-0.1, -0.05) is 23.9 Å². The molecule has 0 unspecified atom stereocenters. The number of hydrogen-bond acceptors (Lipinski definition) is 6. The van der Waals surface area contributed by atoms with Gasteiger partial charge in [-0.3, -0.25) is 9.36 Å². The van der Waals surface area contributed by atoms with Gasteiger partial charge in [0, 0.05) is 18.8 Å². The van der Waals surface area contributed by atoms with Crippen molar-refractivity contribution in [3.63, 3.8) is 0 Å². The molecule has 0 bridgehead atoms. The van der Waals surface area contributed by atoms with Crippen molar-refractivity contribution in [3.05, 3.63) is 54.1 Å². The van der Waals surface area contributed by atoms with Crippen molar-refractivity contribution in [2.45, 2.75) is 24.8 Å². The van der Waals surface area contributed by atoms with E-state index >= 15 is 0 Å². The van der Waals surface area contributed by atoms with Crippen LogP contribution in [0.4, 0.5) is 30.5 Å². The molecule has 4 rings (SSSR count). The van der Waals surface area contributed by atoms with Gasteiger partial charge in [0.05, 0.1) is 23.6 Å². The smallest absolute Gasteiger partial charge is 0.418 e. The van der Waals surface area contributed by atoms with Crippen LogP contribution in [0.1, 0.15) is 12.5 Å². The lowest BCUT2D eigenvalue weighted by Crippen LogP contribution is -2.18. The van der Waals surface area contributed by atoms with Gasteiger partial charge in [0.2, 0.25) is 11.9 Å². The zero-order valence-corrected chi connectivity index (χ0v) is 17.9. The fourth-order valence-corrected chi connectivity index (χ4v) is 4.13. The molecule has 2 aromatic carbocycles. The molecule has 0 aliphatic carbocycles. The van der Waals surface area contributed by atoms with Gasteiger partial charge in [0.25, 0.3) is 0 Å². The Balaban J connectivity index is 1.40. The van der Waals surface area contributed by atoms with E-state index < -0.39 is 17.6 Å². The largest absolute Gasteiger partial charge is 0.494 e. The Hall–Kier alpha value is -3.21. The van der Waals surface area contributed by atoms with E-state index in [9.17, 15) is 18.0 Å². The fourth-order valence-electron chi connectivity index (χ4n) is 3.37. The number of amides is 1. The Morgan fingerprint density at radius 1 is 1.12 bits per heavy atom. The first-order valence-corrected chi connectivity index (χ1v) is 10.9. The first-order chi connectivity index (χ1) is 15.4. The number of benzene rings is 2. The Kier molecular flexibility index (Phi) is 6.26. The average Bonchev–Trinajstić information content (AvgIpc) is 3.35. The number of aromatic nitrogens is 3. The molecule has 2 heterocycles. The standard InChI is InChI=1S/C21H20F3N5O2S/c1-2-31-15-9-7-14(8-10-15)28-11-12-29-19(28)26-27-20(29)32-13-18(30)25-17-6-4-3-5-16(17)21(22,23)24/h3-10H,2,11-13H2,1H3,(H,25,30). The van der Waals surface area contributed by atoms with Crippen LogP contribution in [0.25, 0.3) is 0 Å². The average molecular weight is 463 g/mol. The van der Waals surface area contributed by atoms with Crippen LogP contribution in [0.15, 0.2) is 53.7 Å². The van der Waals surface area contributed by atoms with Crippen molar-refractivity contribution in [2.75, 3.05) is 29.1 Å². The number of fused-ring (bicyclic) bond motifs is 1. The highest BCUT2D eigenvalue weighted by atomic mass is 32.2. The summed E-state index contributed by atoms with van der Waals surface area (Å²) in [4.78, 5) is 14.3. The first kappa shape index (κ1) is 22.0. The fraction of sp³-hybridized carbons (Fsp3) is 0.286. The number of anilines is 3. The highest BCUT2D eigenvalue weighted by molar-refractivity contribution is 7.99. The number of carbonyl (C=O) groups excluding carboxylic acids is 1. The maximum absolute atomic E-state index is 13.1. The predicted octanol–water partition coefficient (Wildman–Crippen LogP) is 4.58. The minimum absolute atomic E-state index is 0.0899. The molecular weight excluding hydrogens is 443 g/mol. The first-order valence-electron chi connectivity index (χ1n) is 9.89. The number of nitrogens with zero attached hydrogens (tertiary/aromatic N) is 4. The Labute approximate surface area is 186 Å². The molecular formula is C21H20F3N5O2S. The summed E-state index contributed by atoms with van der Waals surface area (Å²) in [6, 6.07) is 12.5. The summed E-state index contributed by atoms with van der Waals surface area (Å²) in [7, 11) is 0. The Morgan fingerprint density at radius 2 is 1.88 bits per heavy atom. The molecule has 1 aliphatic rings. The second-order valence-corrected chi connectivity index (χ2v) is 7.84. The number of hydrogen-bond donors (Lipinski definition) is 1. The van der Waals surface area contributed by atoms with Gasteiger partial charge in [-0.25, -0.2) is 0 Å². The van der Waals surface area contributed by atoms with E-state index in [0.29, 0.717) is 30.8 Å². The molecule has 32 heavy (non-hydrogen) atoms. The number of thioether (sulfide) groups is 1. The Morgan fingerprint density at radius 3 is 2.59 bits per heavy atom. The summed E-state index contributed by atoms with van der Waals surface area (Å²) in [6.45, 7) is 3.84. The zero-order chi connectivity index (χ0) is 22.7. The number of halogens is 3. The molecule has 1 N–H and O–H groups in total. The van der Waals surface area contributed by atoms with Crippen LogP contribution in [0.5, 0.6) is 5.75 Å². The predicted molar refractivity (Wildman–Crippen MR) is 115 cm³/mol. The van der Waals surface area contributed by atoms with Crippen LogP contribution >= 0.6 is 11.8 Å². The number of nitrogens with one attached hydrogen (secondary N) is 1. The zero-order valence-electron chi connectivity index (χ0n) is 17.1. The van der Waals surface area contributed by atoms with Crippen LogP contribution in [0.3, 0.4) is 0 Å². The molecule has 1 aromatic heterocycles. The van der Waals surface area contributed by atoms with Crippen molar-refractivity contribution >= 4 is 35.0 Å². The molecule has 3 aromatic rings. The lowest BCUT2D eigenvalue weighted by atomic mass is 10.1. The van der Waals surface area contributed by atoms with Crippen LogP contribution in [0, 0.1) is 0 Å². The van der Waals surface area contributed by atoms with E-state index in [-0.39, 0.29) is 11.4 Å². The Bertz CT molecular complexity index is 1100. The van der Waals surface area contributed by atoms with E-state index in [1.807, 2.05) is 40.7 Å². The molecule has 0 saturated heterocycles. The van der Waals surface area contributed by atoms with Crippen molar-refractivity contribution < 1.29 is 22.7 Å². The van der Waals surface area contributed by atoms with Crippen LogP contribution in [-0.2, 0) is 17.5 Å². The van der Waals surface area contributed by atoms with Crippen molar-refractivity contribution in [1.82, 2.24) is 14.8 Å². The topological polar surface area (TPSA) is 72.3 Å². The van der Waals surface area contributed by atoms with Crippen LogP contribution in [-0.4, -0.2) is 39.6 Å². The molecule has 0 saturated carbocycles. The van der Waals surface area contributed by atoms with Gasteiger partial charge in [-0.15, -0.1) is 10.2 Å². The molecule has 168 valence electrons. The summed E-state index contributed by atoms with van der Waals surface area (Å²) >= 11 is 1.13. The molecule has 0 atom stereocenters. The lowest BCUT2D eigenvalue weighted by molar-refractivity contribution is -0.137. The molecule has 7 nitrogen and oxygen atoms in total. The third kappa shape index (κ3) is 4.67. The van der Waals surface area contributed by atoms with Crippen molar-refractivity contribution in [3.8, 4) is 5.75 Å². The van der Waals surface area contributed by atoms with Gasteiger partial charge in [0.15, 0.2) is 5.16 Å². The normalized spacial score (nSPS) is 13.2. The molecule has 1 aliphatic heterocycles. The second kappa shape index (κ2) is 9.11. The number of para-hydroxylation sites is 1. The monoisotopic (exact) mass is 463 g/mol. The molecule has 1 amide bonds. The number of ether oxygens (including phenoxy) is 1. The summed E-state index contributed by atoms with van der Waals surface area (Å²) in [5.41, 5.74) is -0.205. The van der Waals surface area contributed by atoms with Crippen molar-refractivity contribution in [2.24, 2.45) is 0 Å². The van der Waals surface area contributed by atoms with Gasteiger partial charge in [0.1, 0.15) is 5.75 Å². The highest BCUT2D eigenvalue weighted by Crippen LogP contribution is 2.35. The van der Waals surface area contributed by atoms with Crippen LogP contribution in [0.2, 0.25) is 0 Å². The number of carbonyl (C=O) groups is 1. The van der Waals surface area contributed by atoms with Crippen molar-refractivity contribution in [1.29, 1.82) is 0 Å². The van der Waals surface area contributed by atoms with E-state index in [1.54, 1.807) is 0 Å². The second-order valence-electron chi connectivity index (χ2n) is 6.89. The maximum Gasteiger partial charge on any atom is 0.418 e. The number of alkyl halides is 3. The molecule has 0 radical (unpaired) electrons. The third-order valence-electron chi connectivity index (χ3n) is 4.78. The number of rotatable bonds is 7. The minimum Gasteiger partial charge on any atom is -0.494 e. The van der Waals surface area contributed by atoms with E-state index in [2.05, 4.69) is 15.5 Å². The van der Waals surface area contributed by atoms with E-state index in [4.69, 9.17) is 4.74 Å². The van der Waals surface area contributed by atoms with E-state index in [1.165, 1.54) is 18.2 Å². The molecule has 0 spiro atoms. The summed E-state index contributed by atoms with van der Waals surface area (Å²) in [6.07, 6.45) is -4.55. The van der Waals surface area contributed by atoms with E-state index in [0.717, 1.165) is 29.3 Å². The van der Waals surface area contributed by atoms with Gasteiger partial charge in [-0.2, -0.15) is 13.2 Å². The van der Waals surface area contributed by atoms with Gasteiger partial charge < -0.3 is 15.0 Å². The summed E-state index contributed by atoms with van der Waals surface area (Å²) < 4.78 is 46.7. The molecule has 11 heteroatoms. The maximum atomic E-state index is 13.1. The van der Waals surface area contributed by atoms with Gasteiger partial charge in [-0.05, 0) is 43.3 Å². The van der Waals surface area contributed by atoms with Gasteiger partial charge >= 0.3 is 6.18 Å². The summed E-state index contributed by atoms with van der Waals surface area (Å²) in [5.74, 6) is 0.795. The minimum atomic E-state index is -4.55. The quantitative estimate of drug-likeness (QED) is 0.518. The van der Waals surface area contributed by atoms with Crippen LogP contribution < -0.4 is 15.0 Å². The summed E-state index contributed by atoms with van der Waals surface area (Å²) in [5, 5.41) is 11.2.